The molecule has 4 aromatic rings. The highest BCUT2D eigenvalue weighted by atomic mass is 16.5. The monoisotopic (exact) mass is 499 g/mol. The Morgan fingerprint density at radius 2 is 1.57 bits per heavy atom. The van der Waals surface area contributed by atoms with E-state index >= 15 is 0 Å². The molecule has 1 heterocycles. The van der Waals surface area contributed by atoms with E-state index in [1.54, 1.807) is 39.5 Å². The molecule has 8 nitrogen and oxygen atoms in total. The van der Waals surface area contributed by atoms with E-state index < -0.39 is 0 Å². The quantitative estimate of drug-likeness (QED) is 0.355. The van der Waals surface area contributed by atoms with Crippen LogP contribution in [0.25, 0.3) is 22.4 Å². The largest absolute Gasteiger partial charge is 0.497 e. The lowest BCUT2D eigenvalue weighted by atomic mass is 10.0. The van der Waals surface area contributed by atoms with E-state index in [0.29, 0.717) is 47.0 Å². The maximum absolute atomic E-state index is 13.3. The van der Waals surface area contributed by atoms with Gasteiger partial charge >= 0.3 is 0 Å². The number of nitrogens with one attached hydrogen (secondary N) is 1. The normalized spacial score (nSPS) is 10.6. The minimum atomic E-state index is -0.347. The molecule has 1 aromatic heterocycles. The van der Waals surface area contributed by atoms with Crippen LogP contribution in [0.4, 0.5) is 0 Å². The summed E-state index contributed by atoms with van der Waals surface area (Å²) >= 11 is 0. The fourth-order valence-electron chi connectivity index (χ4n) is 3.95. The second kappa shape index (κ2) is 11.9. The summed E-state index contributed by atoms with van der Waals surface area (Å²) in [6, 6.07) is 24.2. The molecule has 3 aromatic carbocycles. The van der Waals surface area contributed by atoms with Gasteiger partial charge in [-0.25, -0.2) is 4.68 Å². The molecule has 0 aliphatic carbocycles. The highest BCUT2D eigenvalue weighted by molar-refractivity contribution is 5.76. The molecule has 0 saturated heterocycles. The SMILES string of the molecule is COc1ccc(-c2cc(-c3ccccc3)nn(CC(=O)NCCc3ccc(OC)c(OC)c3)c2=O)cc1. The molecule has 1 N–H and O–H groups in total. The molecule has 0 bridgehead atoms. The summed E-state index contributed by atoms with van der Waals surface area (Å²) in [4.78, 5) is 26.1. The van der Waals surface area contributed by atoms with E-state index in [-0.39, 0.29) is 18.0 Å². The zero-order chi connectivity index (χ0) is 26.2. The molecule has 0 fully saturated rings. The van der Waals surface area contributed by atoms with Crippen LogP contribution in [0.3, 0.4) is 0 Å². The Kier molecular flexibility index (Phi) is 8.20. The first-order valence-electron chi connectivity index (χ1n) is 11.8. The van der Waals surface area contributed by atoms with Crippen molar-refractivity contribution < 1.29 is 19.0 Å². The summed E-state index contributed by atoms with van der Waals surface area (Å²) in [5.41, 5.74) is 3.26. The van der Waals surface area contributed by atoms with Crippen molar-refractivity contribution in [1.29, 1.82) is 0 Å². The lowest BCUT2D eigenvalue weighted by Gasteiger charge is -2.12. The smallest absolute Gasteiger partial charge is 0.275 e. The predicted octanol–water partition coefficient (Wildman–Crippen LogP) is 3.96. The third-order valence-corrected chi connectivity index (χ3v) is 5.92. The number of carbonyl (C=O) groups is 1. The number of amides is 1. The summed E-state index contributed by atoms with van der Waals surface area (Å²) in [5.74, 6) is 1.66. The average Bonchev–Trinajstić information content (AvgIpc) is 2.94. The standard InChI is InChI=1S/C29H29N3O5/c1-35-23-12-10-21(11-13-23)24-18-25(22-7-5-4-6-8-22)31-32(29(24)34)19-28(33)30-16-15-20-9-14-26(36-2)27(17-20)37-3/h4-14,17-18H,15-16,19H2,1-3H3,(H,30,33). The van der Waals surface area contributed by atoms with Gasteiger partial charge in [-0.15, -0.1) is 0 Å². The molecule has 1 amide bonds. The van der Waals surface area contributed by atoms with E-state index in [4.69, 9.17) is 14.2 Å². The first-order valence-corrected chi connectivity index (χ1v) is 11.8. The van der Waals surface area contributed by atoms with Gasteiger partial charge in [0.05, 0.1) is 32.6 Å². The minimum Gasteiger partial charge on any atom is -0.497 e. The van der Waals surface area contributed by atoms with E-state index in [1.165, 1.54) is 4.68 Å². The van der Waals surface area contributed by atoms with Crippen LogP contribution in [0.15, 0.2) is 83.7 Å². The first-order chi connectivity index (χ1) is 18.0. The molecule has 0 aliphatic rings. The second-order valence-electron chi connectivity index (χ2n) is 8.29. The van der Waals surface area contributed by atoms with E-state index in [0.717, 1.165) is 11.1 Å². The van der Waals surface area contributed by atoms with Crippen molar-refractivity contribution in [1.82, 2.24) is 15.1 Å². The van der Waals surface area contributed by atoms with Gasteiger partial charge in [0, 0.05) is 12.1 Å². The van der Waals surface area contributed by atoms with Gasteiger partial charge in [-0.1, -0.05) is 48.5 Å². The molecular weight excluding hydrogens is 470 g/mol. The Bertz CT molecular complexity index is 1420. The van der Waals surface area contributed by atoms with Crippen LogP contribution in [0.2, 0.25) is 0 Å². The lowest BCUT2D eigenvalue weighted by Crippen LogP contribution is -2.35. The molecule has 37 heavy (non-hydrogen) atoms. The second-order valence-corrected chi connectivity index (χ2v) is 8.29. The van der Waals surface area contributed by atoms with E-state index in [2.05, 4.69) is 10.4 Å². The van der Waals surface area contributed by atoms with Crippen LogP contribution >= 0.6 is 0 Å². The van der Waals surface area contributed by atoms with Crippen molar-refractivity contribution in [3.8, 4) is 39.6 Å². The Morgan fingerprint density at radius 1 is 0.838 bits per heavy atom. The topological polar surface area (TPSA) is 91.7 Å². The summed E-state index contributed by atoms with van der Waals surface area (Å²) in [6.07, 6.45) is 0.593. The molecular formula is C29H29N3O5. The Morgan fingerprint density at radius 3 is 2.24 bits per heavy atom. The van der Waals surface area contributed by atoms with Crippen molar-refractivity contribution in [2.45, 2.75) is 13.0 Å². The van der Waals surface area contributed by atoms with Gasteiger partial charge in [-0.3, -0.25) is 9.59 Å². The third kappa shape index (κ3) is 6.16. The van der Waals surface area contributed by atoms with Crippen molar-refractivity contribution >= 4 is 5.91 Å². The number of nitrogens with zero attached hydrogens (tertiary/aromatic N) is 2. The van der Waals surface area contributed by atoms with Crippen molar-refractivity contribution in [2.24, 2.45) is 0 Å². The molecule has 0 atom stereocenters. The molecule has 0 radical (unpaired) electrons. The number of methoxy groups -OCH3 is 3. The number of hydrogen-bond donors (Lipinski definition) is 1. The molecule has 0 spiro atoms. The van der Waals surface area contributed by atoms with Gasteiger partial charge < -0.3 is 19.5 Å². The van der Waals surface area contributed by atoms with E-state index in [1.807, 2.05) is 60.7 Å². The van der Waals surface area contributed by atoms with Crippen LogP contribution in [-0.2, 0) is 17.8 Å². The van der Waals surface area contributed by atoms with Crippen LogP contribution in [0, 0.1) is 0 Å². The molecule has 0 aliphatic heterocycles. The lowest BCUT2D eigenvalue weighted by molar-refractivity contribution is -0.121. The number of benzene rings is 3. The van der Waals surface area contributed by atoms with Gasteiger partial charge in [0.15, 0.2) is 11.5 Å². The fraction of sp³-hybridized carbons (Fsp3) is 0.207. The summed E-state index contributed by atoms with van der Waals surface area (Å²) < 4.78 is 17.1. The average molecular weight is 500 g/mol. The molecule has 0 saturated carbocycles. The van der Waals surface area contributed by atoms with Crippen LogP contribution in [-0.4, -0.2) is 43.6 Å². The minimum absolute atomic E-state index is 0.200. The zero-order valence-corrected chi connectivity index (χ0v) is 21.1. The van der Waals surface area contributed by atoms with Gasteiger partial charge in [-0.2, -0.15) is 5.10 Å². The predicted molar refractivity (Wildman–Crippen MR) is 142 cm³/mol. The molecule has 190 valence electrons. The van der Waals surface area contributed by atoms with Crippen LogP contribution in [0.5, 0.6) is 17.2 Å². The number of ether oxygens (including phenoxy) is 3. The van der Waals surface area contributed by atoms with Gasteiger partial charge in [0.2, 0.25) is 5.91 Å². The van der Waals surface area contributed by atoms with Gasteiger partial charge in [-0.05, 0) is 47.9 Å². The van der Waals surface area contributed by atoms with Gasteiger partial charge in [0.1, 0.15) is 12.3 Å². The van der Waals surface area contributed by atoms with Crippen molar-refractivity contribution in [2.75, 3.05) is 27.9 Å². The fourth-order valence-corrected chi connectivity index (χ4v) is 3.95. The number of rotatable bonds is 10. The Labute approximate surface area is 215 Å². The third-order valence-electron chi connectivity index (χ3n) is 5.92. The van der Waals surface area contributed by atoms with Crippen LogP contribution in [0.1, 0.15) is 5.56 Å². The van der Waals surface area contributed by atoms with E-state index in [9.17, 15) is 9.59 Å². The van der Waals surface area contributed by atoms with Crippen molar-refractivity contribution in [3.05, 3.63) is 94.8 Å². The summed E-state index contributed by atoms with van der Waals surface area (Å²) in [5, 5.41) is 7.38. The Balaban J connectivity index is 1.54. The highest BCUT2D eigenvalue weighted by Crippen LogP contribution is 2.27. The maximum atomic E-state index is 13.3. The van der Waals surface area contributed by atoms with Crippen molar-refractivity contribution in [3.63, 3.8) is 0 Å². The molecule has 4 rings (SSSR count). The zero-order valence-electron chi connectivity index (χ0n) is 21.1. The number of carbonyl (C=O) groups excluding carboxylic acids is 1. The Hall–Kier alpha value is -4.59. The summed E-state index contributed by atoms with van der Waals surface area (Å²) in [7, 11) is 4.75. The first kappa shape index (κ1) is 25.5. The van der Waals surface area contributed by atoms with Gasteiger partial charge in [0.25, 0.3) is 5.56 Å². The highest BCUT2D eigenvalue weighted by Gasteiger charge is 2.15. The molecule has 8 heteroatoms. The molecule has 0 unspecified atom stereocenters. The van der Waals surface area contributed by atoms with Crippen LogP contribution < -0.4 is 25.1 Å². The number of hydrogen-bond acceptors (Lipinski definition) is 6. The number of aromatic nitrogens is 2. The maximum Gasteiger partial charge on any atom is 0.275 e. The summed E-state index contributed by atoms with van der Waals surface area (Å²) in [6.45, 7) is 0.196.